The highest BCUT2D eigenvalue weighted by atomic mass is 79.9. The van der Waals surface area contributed by atoms with Gasteiger partial charge in [-0.15, -0.1) is 4.83 Å². The molecule has 0 unspecified atom stereocenters. The molecule has 0 saturated heterocycles. The largest absolute Gasteiger partial charge is 0.361 e. The molecule has 2 aromatic carbocycles. The van der Waals surface area contributed by atoms with Gasteiger partial charge in [-0.3, -0.25) is 5.43 Å². The van der Waals surface area contributed by atoms with Crippen molar-refractivity contribution in [1.82, 2.24) is 15.6 Å². The van der Waals surface area contributed by atoms with E-state index in [0.29, 0.717) is 6.54 Å². The zero-order chi connectivity index (χ0) is 16.7. The van der Waals surface area contributed by atoms with Gasteiger partial charge in [0.25, 0.3) is 10.0 Å². The molecule has 0 amide bonds. The molecule has 23 heavy (non-hydrogen) atoms. The van der Waals surface area contributed by atoms with Gasteiger partial charge < -0.3 is 5.32 Å². The third-order valence-corrected chi connectivity index (χ3v) is 5.00. The second-order valence-electron chi connectivity index (χ2n) is 4.68. The fourth-order valence-electron chi connectivity index (χ4n) is 1.80. The van der Waals surface area contributed by atoms with Gasteiger partial charge in [-0.05, 0) is 48.5 Å². The van der Waals surface area contributed by atoms with E-state index in [2.05, 4.69) is 31.5 Å². The van der Waals surface area contributed by atoms with Crippen molar-refractivity contribution in [1.29, 1.82) is 0 Å². The average molecular weight is 414 g/mol. The molecular weight excluding hydrogens is 398 g/mol. The van der Waals surface area contributed by atoms with Crippen LogP contribution in [0.2, 0.25) is 0 Å². The first-order chi connectivity index (χ1) is 11.0. The average Bonchev–Trinajstić information content (AvgIpc) is 2.54. The van der Waals surface area contributed by atoms with Gasteiger partial charge in [0, 0.05) is 11.0 Å². The topological polar surface area (TPSA) is 70.2 Å². The molecule has 0 aromatic heterocycles. The van der Waals surface area contributed by atoms with Gasteiger partial charge in [-0.25, -0.2) is 8.42 Å². The third kappa shape index (κ3) is 5.91. The molecule has 3 N–H and O–H groups in total. The van der Waals surface area contributed by atoms with E-state index in [4.69, 9.17) is 12.2 Å². The minimum atomic E-state index is -3.66. The van der Waals surface area contributed by atoms with Crippen molar-refractivity contribution in [3.05, 3.63) is 64.6 Å². The van der Waals surface area contributed by atoms with Crippen LogP contribution in [0.5, 0.6) is 0 Å². The first kappa shape index (κ1) is 17.9. The Kier molecular flexibility index (Phi) is 6.52. The van der Waals surface area contributed by atoms with Gasteiger partial charge in [0.2, 0.25) is 0 Å². The molecule has 0 heterocycles. The van der Waals surface area contributed by atoms with Crippen LogP contribution in [-0.2, 0) is 16.4 Å². The van der Waals surface area contributed by atoms with Crippen molar-refractivity contribution in [2.75, 3.05) is 6.54 Å². The van der Waals surface area contributed by atoms with Gasteiger partial charge in [0.05, 0.1) is 4.90 Å². The molecule has 0 radical (unpaired) electrons. The number of nitrogens with one attached hydrogen (secondary N) is 3. The number of hydrogen-bond acceptors (Lipinski definition) is 3. The predicted molar refractivity (Wildman–Crippen MR) is 98.3 cm³/mol. The second kappa shape index (κ2) is 8.39. The van der Waals surface area contributed by atoms with E-state index in [9.17, 15) is 8.42 Å². The van der Waals surface area contributed by atoms with Crippen LogP contribution >= 0.6 is 28.1 Å². The fourth-order valence-corrected chi connectivity index (χ4v) is 3.13. The highest BCUT2D eigenvalue weighted by Crippen LogP contribution is 2.13. The maximum absolute atomic E-state index is 12.1. The quantitative estimate of drug-likeness (QED) is 0.500. The lowest BCUT2D eigenvalue weighted by Gasteiger charge is -2.12. The number of hydrazine groups is 1. The number of halogens is 1. The van der Waals surface area contributed by atoms with Gasteiger partial charge >= 0.3 is 0 Å². The van der Waals surface area contributed by atoms with Gasteiger partial charge in [-0.1, -0.05) is 46.3 Å². The third-order valence-electron chi connectivity index (χ3n) is 2.96. The minimum absolute atomic E-state index is 0.153. The van der Waals surface area contributed by atoms with Crippen LogP contribution in [0.25, 0.3) is 0 Å². The molecule has 0 saturated carbocycles. The molecule has 2 aromatic rings. The number of rotatable bonds is 6. The van der Waals surface area contributed by atoms with Crippen LogP contribution in [-0.4, -0.2) is 20.1 Å². The highest BCUT2D eigenvalue weighted by molar-refractivity contribution is 9.10. The summed E-state index contributed by atoms with van der Waals surface area (Å²) in [5.41, 5.74) is 3.67. The van der Waals surface area contributed by atoms with E-state index in [1.54, 1.807) is 12.1 Å². The number of hydrogen-bond donors (Lipinski definition) is 3. The molecule has 5 nitrogen and oxygen atoms in total. The van der Waals surface area contributed by atoms with Crippen LogP contribution in [0, 0.1) is 0 Å². The zero-order valence-electron chi connectivity index (χ0n) is 12.1. The zero-order valence-corrected chi connectivity index (χ0v) is 15.3. The lowest BCUT2D eigenvalue weighted by molar-refractivity contribution is 0.576. The van der Waals surface area contributed by atoms with Crippen LogP contribution in [0.3, 0.4) is 0 Å². The second-order valence-corrected chi connectivity index (χ2v) is 7.68. The summed E-state index contributed by atoms with van der Waals surface area (Å²) in [6, 6.07) is 16.3. The highest BCUT2D eigenvalue weighted by Gasteiger charge is 2.13. The molecule has 0 aliphatic carbocycles. The summed E-state index contributed by atoms with van der Waals surface area (Å²) in [4.78, 5) is 2.40. The van der Waals surface area contributed by atoms with Crippen LogP contribution in [0.15, 0.2) is 64.0 Å². The Labute approximate surface area is 149 Å². The minimum Gasteiger partial charge on any atom is -0.361 e. The summed E-state index contributed by atoms with van der Waals surface area (Å²) in [5, 5.41) is 3.17. The first-order valence-corrected chi connectivity index (χ1v) is 9.51. The molecule has 0 fully saturated rings. The smallest absolute Gasteiger partial charge is 0.257 e. The molecule has 2 rings (SSSR count). The molecule has 0 atom stereocenters. The first-order valence-electron chi connectivity index (χ1n) is 6.82. The Balaban J connectivity index is 1.78. The van der Waals surface area contributed by atoms with E-state index >= 15 is 0 Å². The number of benzene rings is 2. The van der Waals surface area contributed by atoms with Crippen LogP contribution in [0.1, 0.15) is 5.56 Å². The monoisotopic (exact) mass is 413 g/mol. The molecule has 0 aliphatic heterocycles. The SMILES string of the molecule is O=S(=O)(NNC(=S)NCCc1ccccc1)c1ccc(Br)cc1. The van der Waals surface area contributed by atoms with Crippen molar-refractivity contribution in [3.63, 3.8) is 0 Å². The summed E-state index contributed by atoms with van der Waals surface area (Å²) in [6.07, 6.45) is 0.794. The van der Waals surface area contributed by atoms with Crippen molar-refractivity contribution < 1.29 is 8.42 Å². The van der Waals surface area contributed by atoms with Crippen molar-refractivity contribution in [2.24, 2.45) is 0 Å². The fraction of sp³-hybridized carbons (Fsp3) is 0.133. The van der Waals surface area contributed by atoms with Crippen LogP contribution in [0.4, 0.5) is 0 Å². The van der Waals surface area contributed by atoms with Crippen molar-refractivity contribution in [2.45, 2.75) is 11.3 Å². The molecule has 0 bridgehead atoms. The van der Waals surface area contributed by atoms with E-state index in [0.717, 1.165) is 10.9 Å². The predicted octanol–water partition coefficient (Wildman–Crippen LogP) is 2.35. The standard InChI is InChI=1S/C15H16BrN3O2S2/c16-13-6-8-14(9-7-13)23(20,21)19-18-15(22)17-11-10-12-4-2-1-3-5-12/h1-9,19H,10-11H2,(H2,17,18,22). The van der Waals surface area contributed by atoms with E-state index in [1.807, 2.05) is 30.3 Å². The van der Waals surface area contributed by atoms with E-state index in [-0.39, 0.29) is 10.0 Å². The summed E-state index contributed by atoms with van der Waals surface area (Å²) in [6.45, 7) is 0.607. The molecule has 122 valence electrons. The Morgan fingerprint density at radius 1 is 1.04 bits per heavy atom. The molecular formula is C15H16BrN3O2S2. The lowest BCUT2D eigenvalue weighted by atomic mass is 10.1. The molecule has 8 heteroatoms. The Bertz CT molecular complexity index is 750. The summed E-state index contributed by atoms with van der Waals surface area (Å²) in [5.74, 6) is 0. The van der Waals surface area contributed by atoms with Gasteiger partial charge in [0.1, 0.15) is 0 Å². The molecule has 0 spiro atoms. The number of sulfonamides is 1. The summed E-state index contributed by atoms with van der Waals surface area (Å²) in [7, 11) is -3.66. The lowest BCUT2D eigenvalue weighted by Crippen LogP contribution is -2.47. The summed E-state index contributed by atoms with van der Waals surface area (Å²) < 4.78 is 24.9. The van der Waals surface area contributed by atoms with Crippen LogP contribution < -0.4 is 15.6 Å². The van der Waals surface area contributed by atoms with Crippen molar-refractivity contribution >= 4 is 43.3 Å². The maximum Gasteiger partial charge on any atom is 0.257 e. The maximum atomic E-state index is 12.1. The molecule has 0 aliphatic rings. The van der Waals surface area contributed by atoms with E-state index in [1.165, 1.54) is 17.7 Å². The summed E-state index contributed by atoms with van der Waals surface area (Å²) >= 11 is 8.31. The Morgan fingerprint density at radius 3 is 2.35 bits per heavy atom. The van der Waals surface area contributed by atoms with Crippen molar-refractivity contribution in [3.8, 4) is 0 Å². The van der Waals surface area contributed by atoms with Gasteiger partial charge in [-0.2, -0.15) is 0 Å². The number of thiocarbonyl (C=S) groups is 1. The van der Waals surface area contributed by atoms with Gasteiger partial charge in [0.15, 0.2) is 5.11 Å². The van der Waals surface area contributed by atoms with E-state index < -0.39 is 10.0 Å². The normalized spacial score (nSPS) is 11.0. The Morgan fingerprint density at radius 2 is 1.70 bits per heavy atom. The Hall–Kier alpha value is -1.48.